The molecule has 0 bridgehead atoms. The van der Waals surface area contributed by atoms with Crippen molar-refractivity contribution >= 4 is 17.7 Å². The Bertz CT molecular complexity index is 1060. The van der Waals surface area contributed by atoms with Crippen molar-refractivity contribution in [2.45, 2.75) is 13.8 Å². The number of amides is 1. The van der Waals surface area contributed by atoms with Crippen LogP contribution < -0.4 is 10.1 Å². The lowest BCUT2D eigenvalue weighted by Crippen LogP contribution is -2.13. The van der Waals surface area contributed by atoms with Gasteiger partial charge in [0.25, 0.3) is 5.91 Å². The number of carbonyl (C=O) groups is 1. The first-order valence-corrected chi connectivity index (χ1v) is 8.85. The summed E-state index contributed by atoms with van der Waals surface area (Å²) in [4.78, 5) is 12.5. The van der Waals surface area contributed by atoms with Crippen LogP contribution in [-0.2, 0) is 4.79 Å². The Kier molecular flexibility index (Phi) is 5.61. The van der Waals surface area contributed by atoms with Gasteiger partial charge in [0.2, 0.25) is 0 Å². The zero-order valence-corrected chi connectivity index (χ0v) is 16.1. The standard InChI is InChI=1S/C23H21N3O2/c1-16-13-18(17(2)26(16)21-9-11-22(28-3)12-10-21)14-19(15-24)23(27)25-20-7-5-4-6-8-20/h4-14H,1-3H3,(H,25,27)/b19-14+. The van der Waals surface area contributed by atoms with E-state index in [1.807, 2.05) is 68.4 Å². The highest BCUT2D eigenvalue weighted by Gasteiger charge is 2.14. The molecule has 3 aromatic rings. The number of benzene rings is 2. The molecule has 5 nitrogen and oxygen atoms in total. The number of aromatic nitrogens is 1. The number of anilines is 1. The van der Waals surface area contributed by atoms with Crippen LogP contribution in [0.15, 0.2) is 66.2 Å². The number of carbonyl (C=O) groups excluding carboxylic acids is 1. The molecule has 140 valence electrons. The summed E-state index contributed by atoms with van der Waals surface area (Å²) in [5.74, 6) is 0.360. The lowest BCUT2D eigenvalue weighted by molar-refractivity contribution is -0.112. The van der Waals surface area contributed by atoms with E-state index >= 15 is 0 Å². The van der Waals surface area contributed by atoms with Crippen LogP contribution in [0.25, 0.3) is 11.8 Å². The number of hydrogen-bond donors (Lipinski definition) is 1. The number of hydrogen-bond acceptors (Lipinski definition) is 3. The van der Waals surface area contributed by atoms with Crippen molar-refractivity contribution in [3.63, 3.8) is 0 Å². The van der Waals surface area contributed by atoms with Crippen LogP contribution >= 0.6 is 0 Å². The predicted octanol–water partition coefficient (Wildman–Crippen LogP) is 4.65. The molecule has 0 aliphatic carbocycles. The quantitative estimate of drug-likeness (QED) is 0.524. The van der Waals surface area contributed by atoms with Crippen LogP contribution in [0.3, 0.4) is 0 Å². The normalized spacial score (nSPS) is 11.0. The van der Waals surface area contributed by atoms with Gasteiger partial charge in [-0.15, -0.1) is 0 Å². The highest BCUT2D eigenvalue weighted by molar-refractivity contribution is 6.09. The maximum Gasteiger partial charge on any atom is 0.266 e. The van der Waals surface area contributed by atoms with Crippen molar-refractivity contribution in [2.24, 2.45) is 0 Å². The van der Waals surface area contributed by atoms with Crippen molar-refractivity contribution in [3.05, 3.63) is 83.2 Å². The molecule has 3 rings (SSSR count). The van der Waals surface area contributed by atoms with Crippen LogP contribution in [0.5, 0.6) is 5.75 Å². The zero-order chi connectivity index (χ0) is 20.1. The fourth-order valence-corrected chi connectivity index (χ4v) is 3.09. The molecular weight excluding hydrogens is 350 g/mol. The molecule has 0 saturated heterocycles. The van der Waals surface area contributed by atoms with Gasteiger partial charge in [-0.1, -0.05) is 18.2 Å². The number of aryl methyl sites for hydroxylation is 1. The number of nitrogens with zero attached hydrogens (tertiary/aromatic N) is 2. The summed E-state index contributed by atoms with van der Waals surface area (Å²) in [5.41, 5.74) is 4.48. The van der Waals surface area contributed by atoms with Crippen molar-refractivity contribution in [1.82, 2.24) is 4.57 Å². The van der Waals surface area contributed by atoms with Crippen LogP contribution in [0.2, 0.25) is 0 Å². The Morgan fingerprint density at radius 3 is 2.39 bits per heavy atom. The highest BCUT2D eigenvalue weighted by atomic mass is 16.5. The fourth-order valence-electron chi connectivity index (χ4n) is 3.09. The Hall–Kier alpha value is -3.78. The molecular formula is C23H21N3O2. The van der Waals surface area contributed by atoms with Crippen LogP contribution in [0.1, 0.15) is 17.0 Å². The van der Waals surface area contributed by atoms with E-state index in [0.29, 0.717) is 5.69 Å². The van der Waals surface area contributed by atoms with Crippen LogP contribution in [-0.4, -0.2) is 17.6 Å². The van der Waals surface area contributed by atoms with E-state index < -0.39 is 5.91 Å². The Labute approximate surface area is 164 Å². The van der Waals surface area contributed by atoms with E-state index in [0.717, 1.165) is 28.4 Å². The summed E-state index contributed by atoms with van der Waals surface area (Å²) in [6.45, 7) is 3.96. The molecule has 0 fully saturated rings. The molecule has 5 heteroatoms. The second-order valence-corrected chi connectivity index (χ2v) is 6.35. The number of nitriles is 1. The molecule has 1 N–H and O–H groups in total. The van der Waals surface area contributed by atoms with Gasteiger partial charge in [0.15, 0.2) is 0 Å². The smallest absolute Gasteiger partial charge is 0.266 e. The molecule has 0 atom stereocenters. The summed E-state index contributed by atoms with van der Waals surface area (Å²) in [6, 6.07) is 20.8. The van der Waals surface area contributed by atoms with Gasteiger partial charge in [-0.25, -0.2) is 0 Å². The van der Waals surface area contributed by atoms with Crippen molar-refractivity contribution in [3.8, 4) is 17.5 Å². The second-order valence-electron chi connectivity index (χ2n) is 6.35. The predicted molar refractivity (Wildman–Crippen MR) is 110 cm³/mol. The molecule has 2 aromatic carbocycles. The number of ether oxygens (including phenoxy) is 1. The molecule has 1 aromatic heterocycles. The fraction of sp³-hybridized carbons (Fsp3) is 0.130. The third-order valence-corrected chi connectivity index (χ3v) is 4.50. The summed E-state index contributed by atoms with van der Waals surface area (Å²) in [6.07, 6.45) is 1.63. The van der Waals surface area contributed by atoms with Gasteiger partial charge >= 0.3 is 0 Å². The van der Waals surface area contributed by atoms with Crippen LogP contribution in [0, 0.1) is 25.2 Å². The van der Waals surface area contributed by atoms with E-state index in [4.69, 9.17) is 4.74 Å². The summed E-state index contributed by atoms with van der Waals surface area (Å²) in [5, 5.41) is 12.2. The lowest BCUT2D eigenvalue weighted by atomic mass is 10.1. The minimum Gasteiger partial charge on any atom is -0.497 e. The summed E-state index contributed by atoms with van der Waals surface area (Å²) < 4.78 is 7.29. The van der Waals surface area contributed by atoms with Gasteiger partial charge in [-0.2, -0.15) is 5.26 Å². The van der Waals surface area contributed by atoms with E-state index in [2.05, 4.69) is 9.88 Å². The van der Waals surface area contributed by atoms with Crippen molar-refractivity contribution in [2.75, 3.05) is 12.4 Å². The molecule has 1 heterocycles. The number of para-hydroxylation sites is 1. The first kappa shape index (κ1) is 19.0. The molecule has 0 saturated carbocycles. The Morgan fingerprint density at radius 2 is 1.79 bits per heavy atom. The number of methoxy groups -OCH3 is 1. The lowest BCUT2D eigenvalue weighted by Gasteiger charge is -2.10. The van der Waals surface area contributed by atoms with Gasteiger partial charge in [-0.3, -0.25) is 4.79 Å². The van der Waals surface area contributed by atoms with Gasteiger partial charge < -0.3 is 14.6 Å². The number of rotatable bonds is 5. The molecule has 28 heavy (non-hydrogen) atoms. The Balaban J connectivity index is 1.92. The average Bonchev–Trinajstić information content (AvgIpc) is 3.00. The largest absolute Gasteiger partial charge is 0.497 e. The highest BCUT2D eigenvalue weighted by Crippen LogP contribution is 2.24. The molecule has 0 aliphatic rings. The van der Waals surface area contributed by atoms with Crippen LogP contribution in [0.4, 0.5) is 5.69 Å². The van der Waals surface area contributed by atoms with Crippen molar-refractivity contribution in [1.29, 1.82) is 5.26 Å². The maximum absolute atomic E-state index is 12.5. The monoisotopic (exact) mass is 371 g/mol. The van der Waals surface area contributed by atoms with E-state index in [9.17, 15) is 10.1 Å². The first-order chi connectivity index (χ1) is 13.5. The number of nitrogens with one attached hydrogen (secondary N) is 1. The van der Waals surface area contributed by atoms with Gasteiger partial charge in [-0.05, 0) is 68.0 Å². The van der Waals surface area contributed by atoms with E-state index in [1.54, 1.807) is 25.3 Å². The van der Waals surface area contributed by atoms with E-state index in [-0.39, 0.29) is 5.57 Å². The Morgan fingerprint density at radius 1 is 1.11 bits per heavy atom. The maximum atomic E-state index is 12.5. The summed E-state index contributed by atoms with van der Waals surface area (Å²) in [7, 11) is 1.63. The van der Waals surface area contributed by atoms with Gasteiger partial charge in [0, 0.05) is 22.8 Å². The third kappa shape index (κ3) is 3.97. The molecule has 0 unspecified atom stereocenters. The van der Waals surface area contributed by atoms with Gasteiger partial charge in [0.05, 0.1) is 7.11 Å². The molecule has 0 radical (unpaired) electrons. The first-order valence-electron chi connectivity index (χ1n) is 8.85. The average molecular weight is 371 g/mol. The van der Waals surface area contributed by atoms with Crippen molar-refractivity contribution < 1.29 is 9.53 Å². The summed E-state index contributed by atoms with van der Waals surface area (Å²) >= 11 is 0. The minimum absolute atomic E-state index is 0.0545. The zero-order valence-electron chi connectivity index (χ0n) is 16.1. The molecule has 1 amide bonds. The topological polar surface area (TPSA) is 67.0 Å². The SMILES string of the molecule is COc1ccc(-n2c(C)cc(/C=C(\C#N)C(=O)Nc3ccccc3)c2C)cc1. The van der Waals surface area contributed by atoms with Gasteiger partial charge in [0.1, 0.15) is 17.4 Å². The van der Waals surface area contributed by atoms with E-state index in [1.165, 1.54) is 0 Å². The molecule has 0 aliphatic heterocycles. The minimum atomic E-state index is -0.428. The third-order valence-electron chi connectivity index (χ3n) is 4.50. The second kappa shape index (κ2) is 8.28. The molecule has 0 spiro atoms.